The lowest BCUT2D eigenvalue weighted by Gasteiger charge is -2.19. The molecule has 0 spiro atoms. The van der Waals surface area contributed by atoms with E-state index in [1.807, 2.05) is 27.0 Å². The van der Waals surface area contributed by atoms with Crippen molar-refractivity contribution in [2.75, 3.05) is 25.3 Å². The molecule has 1 aromatic carbocycles. The summed E-state index contributed by atoms with van der Waals surface area (Å²) in [6, 6.07) is 3.08. The van der Waals surface area contributed by atoms with Crippen LogP contribution in [0.15, 0.2) is 41.1 Å². The molecule has 4 rings (SSSR count). The van der Waals surface area contributed by atoms with Gasteiger partial charge in [0.1, 0.15) is 28.4 Å². The number of esters is 1. The highest BCUT2D eigenvalue weighted by molar-refractivity contribution is 7.98. The predicted molar refractivity (Wildman–Crippen MR) is 174 cm³/mol. The maximum atomic E-state index is 13.7. The molecule has 0 unspecified atom stereocenters. The summed E-state index contributed by atoms with van der Waals surface area (Å²) in [4.78, 5) is 25.7. The fourth-order valence-corrected chi connectivity index (χ4v) is 4.82. The Hall–Kier alpha value is -3.97. The molecule has 0 bridgehead atoms. The van der Waals surface area contributed by atoms with Gasteiger partial charge in [0.2, 0.25) is 0 Å². The van der Waals surface area contributed by atoms with Crippen molar-refractivity contribution in [2.24, 2.45) is 0 Å². The molecular weight excluding hydrogens is 687 g/mol. The van der Waals surface area contributed by atoms with E-state index in [2.05, 4.69) is 35.9 Å². The monoisotopic (exact) mass is 723 g/mol. The summed E-state index contributed by atoms with van der Waals surface area (Å²) < 4.78 is 40.1. The van der Waals surface area contributed by atoms with Crippen LogP contribution in [0.1, 0.15) is 74.5 Å². The molecule has 3 aromatic heterocycles. The Labute approximate surface area is 289 Å². The minimum atomic E-state index is -0.530. The Morgan fingerprint density at radius 3 is 1.62 bits per heavy atom. The van der Waals surface area contributed by atoms with Crippen LogP contribution in [0.4, 0.5) is 0 Å². The van der Waals surface area contributed by atoms with Crippen molar-refractivity contribution in [1.82, 2.24) is 35.9 Å². The summed E-state index contributed by atoms with van der Waals surface area (Å²) >= 11 is 3.89. The Kier molecular flexibility index (Phi) is 13.8. The van der Waals surface area contributed by atoms with Gasteiger partial charge >= 0.3 is 5.97 Å². The van der Waals surface area contributed by atoms with Crippen molar-refractivity contribution in [2.45, 2.75) is 87.5 Å². The van der Waals surface area contributed by atoms with Gasteiger partial charge in [-0.25, -0.2) is 0 Å². The summed E-state index contributed by atoms with van der Waals surface area (Å²) in [6.45, 7) is 5.50. The molecule has 19 heteroatoms. The highest BCUT2D eigenvalue weighted by Gasteiger charge is 2.24. The zero-order valence-corrected chi connectivity index (χ0v) is 29.8. The molecule has 0 aliphatic heterocycles. The first-order valence-electron chi connectivity index (χ1n) is 14.7. The van der Waals surface area contributed by atoms with Crippen LogP contribution in [0, 0.1) is 0 Å². The Morgan fingerprint density at radius 1 is 0.708 bits per heavy atom. The summed E-state index contributed by atoms with van der Waals surface area (Å²) in [7, 11) is 0. The summed E-state index contributed by atoms with van der Waals surface area (Å²) in [5.41, 5.74) is -0.440. The largest absolute Gasteiger partial charge is 0.484 e. The fraction of sp³-hybridized carbons (Fsp3) is 0.517. The molecule has 260 valence electrons. The lowest BCUT2D eigenvalue weighted by molar-refractivity contribution is -0.154. The van der Waals surface area contributed by atoms with Crippen LogP contribution >= 0.6 is 35.3 Å². The summed E-state index contributed by atoms with van der Waals surface area (Å²) in [5, 5.41) is 27.8. The third-order valence-electron chi connectivity index (χ3n) is 5.96. The number of carbonyl (C=O) groups is 2. The lowest BCUT2D eigenvalue weighted by atomic mass is 10.1. The molecular formula is C29H37N7O9S3. The van der Waals surface area contributed by atoms with Gasteiger partial charge in [0.05, 0.1) is 0 Å². The second-order valence-electron chi connectivity index (χ2n) is 10.8. The van der Waals surface area contributed by atoms with E-state index in [4.69, 9.17) is 32.2 Å². The van der Waals surface area contributed by atoms with Crippen molar-refractivity contribution in [3.05, 3.63) is 35.4 Å². The number of thioether (sulfide) groups is 3. The van der Waals surface area contributed by atoms with Crippen molar-refractivity contribution >= 4 is 47.2 Å². The molecule has 3 heterocycles. The average molecular weight is 724 g/mol. The summed E-state index contributed by atoms with van der Waals surface area (Å²) in [6.07, 6.45) is 7.69. The van der Waals surface area contributed by atoms with E-state index in [1.165, 1.54) is 35.3 Å². The van der Waals surface area contributed by atoms with Crippen molar-refractivity contribution in [3.8, 4) is 17.2 Å². The van der Waals surface area contributed by atoms with Crippen LogP contribution in [-0.4, -0.2) is 73.4 Å². The van der Waals surface area contributed by atoms with Crippen LogP contribution in [0.2, 0.25) is 0 Å². The number of rotatable bonds is 19. The van der Waals surface area contributed by atoms with E-state index in [9.17, 15) is 9.59 Å². The van der Waals surface area contributed by atoms with Gasteiger partial charge in [0, 0.05) is 25.1 Å². The number of ether oxygens (including phenoxy) is 4. The minimum absolute atomic E-state index is 0.0528. The molecule has 0 aliphatic carbocycles. The quantitative estimate of drug-likeness (QED) is 0.0734. The number of unbranched alkanes of at least 4 members (excludes halogenated alkanes) is 2. The molecule has 1 amide bonds. The van der Waals surface area contributed by atoms with Gasteiger partial charge in [-0.1, -0.05) is 41.7 Å². The number of carbonyl (C=O) groups excluding carboxylic acids is 2. The molecule has 0 aliphatic rings. The SMILES string of the molecule is CSc1nnc(COc2cc(OCc3nnc(SC)o3)c(C(=O)NCCCCCC(=O)OC(C)(C)C)c(OCc3nnc(SC)o3)c2)o1. The molecule has 0 saturated carbocycles. The number of nitrogens with one attached hydrogen (secondary N) is 1. The smallest absolute Gasteiger partial charge is 0.306 e. The van der Waals surface area contributed by atoms with Gasteiger partial charge < -0.3 is 37.5 Å². The van der Waals surface area contributed by atoms with Crippen LogP contribution in [-0.2, 0) is 29.4 Å². The van der Waals surface area contributed by atoms with E-state index in [0.717, 1.165) is 0 Å². The normalized spacial score (nSPS) is 11.4. The Bertz CT molecular complexity index is 1570. The molecule has 16 nitrogen and oxygen atoms in total. The second kappa shape index (κ2) is 18.0. The molecule has 0 saturated heterocycles. The summed E-state index contributed by atoms with van der Waals surface area (Å²) in [5.74, 6) is 0.477. The highest BCUT2D eigenvalue weighted by atomic mass is 32.2. The Morgan fingerprint density at radius 2 is 1.19 bits per heavy atom. The third-order valence-corrected chi connectivity index (χ3v) is 7.51. The van der Waals surface area contributed by atoms with E-state index in [-0.39, 0.29) is 66.3 Å². The molecule has 0 fully saturated rings. The molecule has 48 heavy (non-hydrogen) atoms. The fourth-order valence-electron chi connectivity index (χ4n) is 3.92. The van der Waals surface area contributed by atoms with E-state index < -0.39 is 11.5 Å². The van der Waals surface area contributed by atoms with Crippen LogP contribution in [0.5, 0.6) is 17.2 Å². The third kappa shape index (κ3) is 11.6. The average Bonchev–Trinajstić information content (AvgIpc) is 3.83. The van der Waals surface area contributed by atoms with Gasteiger partial charge in [-0.2, -0.15) is 0 Å². The maximum Gasteiger partial charge on any atom is 0.306 e. The number of benzene rings is 1. The molecule has 1 N–H and O–H groups in total. The lowest BCUT2D eigenvalue weighted by Crippen LogP contribution is -2.26. The minimum Gasteiger partial charge on any atom is -0.484 e. The van der Waals surface area contributed by atoms with E-state index in [1.54, 1.807) is 24.6 Å². The number of hydrogen-bond acceptors (Lipinski definition) is 18. The first-order valence-corrected chi connectivity index (χ1v) is 18.4. The van der Waals surface area contributed by atoms with Gasteiger partial charge in [0.15, 0.2) is 19.8 Å². The molecule has 0 radical (unpaired) electrons. The van der Waals surface area contributed by atoms with Crippen molar-refractivity contribution in [3.63, 3.8) is 0 Å². The second-order valence-corrected chi connectivity index (χ2v) is 13.1. The van der Waals surface area contributed by atoms with Crippen molar-refractivity contribution < 1.29 is 41.8 Å². The van der Waals surface area contributed by atoms with E-state index >= 15 is 0 Å². The predicted octanol–water partition coefficient (Wildman–Crippen LogP) is 5.37. The van der Waals surface area contributed by atoms with E-state index in [0.29, 0.717) is 47.9 Å². The zero-order chi connectivity index (χ0) is 34.5. The van der Waals surface area contributed by atoms with Crippen LogP contribution in [0.3, 0.4) is 0 Å². The van der Waals surface area contributed by atoms with Gasteiger partial charge in [-0.05, 0) is 52.4 Å². The maximum absolute atomic E-state index is 13.7. The van der Waals surface area contributed by atoms with Crippen LogP contribution < -0.4 is 19.5 Å². The molecule has 4 aromatic rings. The number of hydrogen-bond donors (Lipinski definition) is 1. The zero-order valence-electron chi connectivity index (χ0n) is 27.4. The van der Waals surface area contributed by atoms with Gasteiger partial charge in [-0.3, -0.25) is 9.59 Å². The highest BCUT2D eigenvalue weighted by Crippen LogP contribution is 2.36. The first-order chi connectivity index (χ1) is 23.1. The van der Waals surface area contributed by atoms with Crippen LogP contribution in [0.25, 0.3) is 0 Å². The number of nitrogens with zero attached hydrogens (tertiary/aromatic N) is 6. The van der Waals surface area contributed by atoms with Gasteiger partial charge in [-0.15, -0.1) is 30.6 Å². The Balaban J connectivity index is 1.53. The first kappa shape index (κ1) is 36.9. The molecule has 0 atom stereocenters. The van der Waals surface area contributed by atoms with Gasteiger partial charge in [0.25, 0.3) is 39.2 Å². The number of amides is 1. The van der Waals surface area contributed by atoms with Crippen molar-refractivity contribution in [1.29, 1.82) is 0 Å². The topological polar surface area (TPSA) is 200 Å². The number of aromatic nitrogens is 6. The standard InChI is InChI=1S/C29H37N7O9S3/c1-29(2,3)45-23(37)10-8-7-9-11-30-25(38)24-18(40-15-21-32-35-27(43-21)47-5)12-17(39-14-20-31-34-26(42-20)46-4)13-19(24)41-16-22-33-36-28(44-22)48-6/h12-13H,7-11,14-16H2,1-6H3,(H,30,38).